The first-order valence-electron chi connectivity index (χ1n) is 6.63. The summed E-state index contributed by atoms with van der Waals surface area (Å²) in [7, 11) is 1.60. The van der Waals surface area contributed by atoms with E-state index in [-0.39, 0.29) is 5.75 Å². The molecule has 0 atom stereocenters. The maximum Gasteiger partial charge on any atom is 0.313 e. The van der Waals surface area contributed by atoms with Crippen molar-refractivity contribution in [3.8, 4) is 5.75 Å². The summed E-state index contributed by atoms with van der Waals surface area (Å²) in [6, 6.07) is 5.68. The maximum absolute atomic E-state index is 10.8. The number of hydrogen-bond acceptors (Lipinski definition) is 5. The number of hydrogen-bond donors (Lipinski definition) is 1. The number of methoxy groups -OCH3 is 1. The number of thioether (sulfide) groups is 1. The summed E-state index contributed by atoms with van der Waals surface area (Å²) in [5.74, 6) is -0.212. The van der Waals surface area contributed by atoms with E-state index in [0.717, 1.165) is 11.0 Å². The summed E-state index contributed by atoms with van der Waals surface area (Å²) in [4.78, 5) is 15.3. The van der Waals surface area contributed by atoms with Crippen molar-refractivity contribution >= 4 is 28.8 Å². The molecule has 1 heterocycles. The smallest absolute Gasteiger partial charge is 0.313 e. The molecule has 1 N–H and O–H groups in total. The van der Waals surface area contributed by atoms with Gasteiger partial charge in [0.05, 0.1) is 25.0 Å². The van der Waals surface area contributed by atoms with Crippen LogP contribution in [-0.4, -0.2) is 46.7 Å². The van der Waals surface area contributed by atoms with E-state index in [9.17, 15) is 4.79 Å². The summed E-state index contributed by atoms with van der Waals surface area (Å²) >= 11 is 1.20. The molecular formula is C14H18N2O4S. The van der Waals surface area contributed by atoms with Crippen LogP contribution in [0.25, 0.3) is 11.0 Å². The molecule has 0 aliphatic carbocycles. The minimum Gasteiger partial charge on any atom is -0.494 e. The molecule has 2 aromatic rings. The molecule has 0 saturated heterocycles. The van der Waals surface area contributed by atoms with Crippen molar-refractivity contribution in [2.75, 3.05) is 26.1 Å². The topological polar surface area (TPSA) is 73.6 Å². The van der Waals surface area contributed by atoms with Crippen LogP contribution in [0.1, 0.15) is 6.92 Å². The second-order valence-corrected chi connectivity index (χ2v) is 5.20. The van der Waals surface area contributed by atoms with Gasteiger partial charge in [0.25, 0.3) is 0 Å². The number of rotatable bonds is 8. The molecule has 0 aliphatic heterocycles. The minimum absolute atomic E-state index is 0.0275. The van der Waals surface area contributed by atoms with Gasteiger partial charge >= 0.3 is 5.97 Å². The van der Waals surface area contributed by atoms with Gasteiger partial charge in [-0.05, 0) is 19.1 Å². The van der Waals surface area contributed by atoms with Gasteiger partial charge in [0, 0.05) is 13.2 Å². The fraction of sp³-hybridized carbons (Fsp3) is 0.429. The summed E-state index contributed by atoms with van der Waals surface area (Å²) in [6.07, 6.45) is 0. The van der Waals surface area contributed by atoms with Gasteiger partial charge in [-0.15, -0.1) is 0 Å². The van der Waals surface area contributed by atoms with E-state index in [1.54, 1.807) is 7.11 Å². The zero-order chi connectivity index (χ0) is 15.2. The zero-order valence-electron chi connectivity index (χ0n) is 12.0. The number of aromatic nitrogens is 2. The van der Waals surface area contributed by atoms with Crippen LogP contribution < -0.4 is 4.74 Å². The molecule has 0 aliphatic rings. The molecule has 6 nitrogen and oxygen atoms in total. The number of nitrogens with zero attached hydrogens (tertiary/aromatic N) is 2. The number of carboxylic acids is 1. The Morgan fingerprint density at radius 1 is 1.48 bits per heavy atom. The molecular weight excluding hydrogens is 292 g/mol. The number of carboxylic acid groups (broad SMARTS) is 1. The van der Waals surface area contributed by atoms with E-state index < -0.39 is 5.97 Å². The number of benzene rings is 1. The molecule has 0 saturated carbocycles. The SMILES string of the molecule is CCOCCn1c(SCC(=O)O)nc2c(OC)cccc21. The Kier molecular flexibility index (Phi) is 5.46. The summed E-state index contributed by atoms with van der Waals surface area (Å²) in [5, 5.41) is 9.51. The van der Waals surface area contributed by atoms with Crippen LogP contribution in [0.3, 0.4) is 0 Å². The largest absolute Gasteiger partial charge is 0.494 e. The molecule has 0 bridgehead atoms. The Morgan fingerprint density at radius 2 is 2.29 bits per heavy atom. The van der Waals surface area contributed by atoms with E-state index in [4.69, 9.17) is 14.6 Å². The molecule has 0 amide bonds. The number of ether oxygens (including phenoxy) is 2. The lowest BCUT2D eigenvalue weighted by Gasteiger charge is -2.08. The highest BCUT2D eigenvalue weighted by atomic mass is 32.2. The number of fused-ring (bicyclic) bond motifs is 1. The summed E-state index contributed by atoms with van der Waals surface area (Å²) < 4.78 is 12.7. The molecule has 21 heavy (non-hydrogen) atoms. The Labute approximate surface area is 127 Å². The van der Waals surface area contributed by atoms with Gasteiger partial charge in [-0.3, -0.25) is 4.79 Å². The third-order valence-electron chi connectivity index (χ3n) is 2.91. The van der Waals surface area contributed by atoms with Crippen LogP contribution in [0.2, 0.25) is 0 Å². The molecule has 0 radical (unpaired) electrons. The average Bonchev–Trinajstić information content (AvgIpc) is 2.83. The van der Waals surface area contributed by atoms with E-state index in [1.807, 2.05) is 29.7 Å². The fourth-order valence-electron chi connectivity index (χ4n) is 2.02. The molecule has 7 heteroatoms. The summed E-state index contributed by atoms with van der Waals surface area (Å²) in [5.41, 5.74) is 1.66. The van der Waals surface area contributed by atoms with Crippen LogP contribution in [-0.2, 0) is 16.1 Å². The fourth-order valence-corrected chi connectivity index (χ4v) is 2.77. The first kappa shape index (κ1) is 15.7. The van der Waals surface area contributed by atoms with E-state index in [2.05, 4.69) is 4.98 Å². The molecule has 0 unspecified atom stereocenters. The summed E-state index contributed by atoms with van der Waals surface area (Å²) in [6.45, 7) is 3.77. The Hall–Kier alpha value is -1.73. The maximum atomic E-state index is 10.8. The predicted molar refractivity (Wildman–Crippen MR) is 81.1 cm³/mol. The number of carbonyl (C=O) groups is 1. The second kappa shape index (κ2) is 7.33. The van der Waals surface area contributed by atoms with Crippen LogP contribution in [0.5, 0.6) is 5.75 Å². The predicted octanol–water partition coefficient (Wildman–Crippen LogP) is 2.26. The quantitative estimate of drug-likeness (QED) is 0.595. The molecule has 0 fully saturated rings. The molecule has 114 valence electrons. The number of imidazole rings is 1. The average molecular weight is 310 g/mol. The molecule has 1 aromatic carbocycles. The van der Waals surface area contributed by atoms with Gasteiger partial charge in [-0.1, -0.05) is 17.8 Å². The first-order valence-corrected chi connectivity index (χ1v) is 7.61. The highest BCUT2D eigenvalue weighted by Gasteiger charge is 2.15. The van der Waals surface area contributed by atoms with Crippen molar-refractivity contribution in [1.82, 2.24) is 9.55 Å². The lowest BCUT2D eigenvalue weighted by Crippen LogP contribution is -2.08. The first-order chi connectivity index (χ1) is 10.2. The zero-order valence-corrected chi connectivity index (χ0v) is 12.9. The van der Waals surface area contributed by atoms with Gasteiger partial charge in [-0.2, -0.15) is 0 Å². The standard InChI is InChI=1S/C14H18N2O4S/c1-3-20-8-7-16-10-5-4-6-11(19-2)13(10)15-14(16)21-9-12(17)18/h4-6H,3,7-9H2,1-2H3,(H,17,18). The Balaban J connectivity index is 2.38. The molecule has 1 aromatic heterocycles. The number of para-hydroxylation sites is 1. The lowest BCUT2D eigenvalue weighted by molar-refractivity contribution is -0.133. The third-order valence-corrected chi connectivity index (χ3v) is 3.88. The van der Waals surface area contributed by atoms with Gasteiger partial charge < -0.3 is 19.1 Å². The Morgan fingerprint density at radius 3 is 2.95 bits per heavy atom. The second-order valence-electron chi connectivity index (χ2n) is 4.25. The third kappa shape index (κ3) is 3.68. The van der Waals surface area contributed by atoms with Gasteiger partial charge in [-0.25, -0.2) is 4.98 Å². The van der Waals surface area contributed by atoms with Crippen molar-refractivity contribution in [2.45, 2.75) is 18.6 Å². The number of aliphatic carboxylic acids is 1. The normalized spacial score (nSPS) is 11.0. The minimum atomic E-state index is -0.865. The van der Waals surface area contributed by atoms with Crippen molar-refractivity contribution in [3.63, 3.8) is 0 Å². The highest BCUT2D eigenvalue weighted by Crippen LogP contribution is 2.29. The van der Waals surface area contributed by atoms with E-state index in [0.29, 0.717) is 30.7 Å². The monoisotopic (exact) mass is 310 g/mol. The van der Waals surface area contributed by atoms with E-state index >= 15 is 0 Å². The van der Waals surface area contributed by atoms with Crippen LogP contribution >= 0.6 is 11.8 Å². The molecule has 0 spiro atoms. The van der Waals surface area contributed by atoms with Crippen molar-refractivity contribution in [3.05, 3.63) is 18.2 Å². The Bertz CT molecular complexity index is 627. The van der Waals surface area contributed by atoms with E-state index in [1.165, 1.54) is 11.8 Å². The van der Waals surface area contributed by atoms with Crippen molar-refractivity contribution < 1.29 is 19.4 Å². The van der Waals surface area contributed by atoms with Gasteiger partial charge in [0.2, 0.25) is 0 Å². The highest BCUT2D eigenvalue weighted by molar-refractivity contribution is 7.99. The van der Waals surface area contributed by atoms with Crippen molar-refractivity contribution in [2.24, 2.45) is 0 Å². The van der Waals surface area contributed by atoms with Crippen LogP contribution in [0.15, 0.2) is 23.4 Å². The van der Waals surface area contributed by atoms with Crippen molar-refractivity contribution in [1.29, 1.82) is 0 Å². The van der Waals surface area contributed by atoms with Crippen LogP contribution in [0.4, 0.5) is 0 Å². The van der Waals surface area contributed by atoms with Crippen LogP contribution in [0, 0.1) is 0 Å². The lowest BCUT2D eigenvalue weighted by atomic mass is 10.3. The van der Waals surface area contributed by atoms with Gasteiger partial charge in [0.1, 0.15) is 11.3 Å². The molecule has 2 rings (SSSR count). The van der Waals surface area contributed by atoms with Gasteiger partial charge in [0.15, 0.2) is 5.16 Å².